The number of aromatic nitrogens is 1. The molecule has 2 saturated carbocycles. The van der Waals surface area contributed by atoms with E-state index in [4.69, 9.17) is 0 Å². The number of nitrogens with one attached hydrogen (secondary N) is 2. The van der Waals surface area contributed by atoms with E-state index >= 15 is 0 Å². The summed E-state index contributed by atoms with van der Waals surface area (Å²) in [6.07, 6.45) is 2.14. The Balaban J connectivity index is 1.52. The molecule has 1 heterocycles. The van der Waals surface area contributed by atoms with Crippen LogP contribution >= 0.6 is 0 Å². The van der Waals surface area contributed by atoms with Crippen LogP contribution in [0.15, 0.2) is 24.3 Å². The second-order valence-electron chi connectivity index (χ2n) is 10.1. The number of Topliss-reactive ketones (excluding diaryl/α,β-unsaturated/α-hetero) is 1. The number of ketones is 1. The second kappa shape index (κ2) is 5.95. The molecule has 27 heavy (non-hydrogen) atoms. The Kier molecular flexibility index (Phi) is 4.03. The Labute approximate surface area is 161 Å². The van der Waals surface area contributed by atoms with Crippen molar-refractivity contribution in [3.05, 3.63) is 30.0 Å². The minimum absolute atomic E-state index is 0.0159. The zero-order valence-electron chi connectivity index (χ0n) is 17.0. The van der Waals surface area contributed by atoms with E-state index in [1.807, 2.05) is 18.2 Å². The van der Waals surface area contributed by atoms with Gasteiger partial charge in [0.15, 0.2) is 0 Å². The summed E-state index contributed by atoms with van der Waals surface area (Å²) in [7, 11) is 0. The number of benzene rings is 1. The Morgan fingerprint density at radius 2 is 2.04 bits per heavy atom. The van der Waals surface area contributed by atoms with Crippen molar-refractivity contribution in [2.75, 3.05) is 5.32 Å². The molecule has 0 saturated heterocycles. The topological polar surface area (TPSA) is 62.0 Å². The molecule has 0 aliphatic heterocycles. The first-order valence-electron chi connectivity index (χ1n) is 10.0. The minimum atomic E-state index is 0.0159. The monoisotopic (exact) mass is 366 g/mol. The highest BCUT2D eigenvalue weighted by molar-refractivity contribution is 6.02. The summed E-state index contributed by atoms with van der Waals surface area (Å²) in [6, 6.07) is 8.09. The molecular formula is C23H30N2O2. The molecule has 2 aliphatic carbocycles. The van der Waals surface area contributed by atoms with Gasteiger partial charge in [0.2, 0.25) is 5.91 Å². The Bertz CT molecular complexity index is 916. The van der Waals surface area contributed by atoms with Crippen LogP contribution in [0.25, 0.3) is 10.9 Å². The standard InChI is InChI=1S/C23H30N2O2/c1-22(2,3)19-12-15-16(24-19)7-6-8-17(15)25-20(27)10-13-9-14-11-18(26)21(13)23(14,4)5/h6-8,12-14,21,24H,9-11H2,1-5H3,(H,25,27)/t13-,14?,21?/m1/s1. The summed E-state index contributed by atoms with van der Waals surface area (Å²) in [5.41, 5.74) is 3.10. The van der Waals surface area contributed by atoms with E-state index in [2.05, 4.69) is 51.0 Å². The minimum Gasteiger partial charge on any atom is -0.358 e. The maximum absolute atomic E-state index is 12.8. The van der Waals surface area contributed by atoms with Gasteiger partial charge in [-0.05, 0) is 41.9 Å². The van der Waals surface area contributed by atoms with Gasteiger partial charge in [-0.15, -0.1) is 0 Å². The van der Waals surface area contributed by atoms with Crippen molar-refractivity contribution in [3.63, 3.8) is 0 Å². The normalized spacial score (nSPS) is 26.7. The molecule has 1 aromatic heterocycles. The van der Waals surface area contributed by atoms with Gasteiger partial charge >= 0.3 is 0 Å². The number of rotatable bonds is 3. The Morgan fingerprint density at radius 1 is 1.30 bits per heavy atom. The maximum atomic E-state index is 12.8. The van der Waals surface area contributed by atoms with Crippen molar-refractivity contribution < 1.29 is 9.59 Å². The number of fused-ring (bicyclic) bond motifs is 3. The average molecular weight is 367 g/mol. The lowest BCUT2D eigenvalue weighted by Crippen LogP contribution is -2.28. The molecule has 4 rings (SSSR count). The molecule has 0 spiro atoms. The highest BCUT2D eigenvalue weighted by atomic mass is 16.1. The second-order valence-corrected chi connectivity index (χ2v) is 10.1. The quantitative estimate of drug-likeness (QED) is 0.799. The van der Waals surface area contributed by atoms with Gasteiger partial charge in [-0.25, -0.2) is 0 Å². The van der Waals surface area contributed by atoms with Crippen LogP contribution in [0.4, 0.5) is 5.69 Å². The van der Waals surface area contributed by atoms with Crippen molar-refractivity contribution in [1.29, 1.82) is 0 Å². The summed E-state index contributed by atoms with van der Waals surface area (Å²) in [4.78, 5) is 28.6. The number of H-pyrrole nitrogens is 1. The van der Waals surface area contributed by atoms with E-state index in [0.717, 1.165) is 28.7 Å². The van der Waals surface area contributed by atoms with Crippen LogP contribution in [0, 0.1) is 23.2 Å². The molecule has 0 radical (unpaired) electrons. The zero-order valence-corrected chi connectivity index (χ0v) is 17.0. The predicted octanol–water partition coefficient (Wildman–Crippen LogP) is 5.05. The Morgan fingerprint density at radius 3 is 2.67 bits per heavy atom. The number of hydrogen-bond donors (Lipinski definition) is 2. The summed E-state index contributed by atoms with van der Waals surface area (Å²) < 4.78 is 0. The van der Waals surface area contributed by atoms with Crippen LogP contribution in [0.5, 0.6) is 0 Å². The number of aromatic amines is 1. The van der Waals surface area contributed by atoms with E-state index in [1.165, 1.54) is 0 Å². The fourth-order valence-corrected chi connectivity index (χ4v) is 5.37. The lowest BCUT2D eigenvalue weighted by molar-refractivity contribution is -0.125. The molecular weight excluding hydrogens is 336 g/mol. The molecule has 144 valence electrons. The van der Waals surface area contributed by atoms with Gasteiger partial charge in [0, 0.05) is 40.8 Å². The molecule has 2 aliphatic rings. The van der Waals surface area contributed by atoms with Gasteiger partial charge < -0.3 is 10.3 Å². The number of carbonyl (C=O) groups excluding carboxylic acids is 2. The molecule has 4 nitrogen and oxygen atoms in total. The first-order chi connectivity index (χ1) is 12.6. The van der Waals surface area contributed by atoms with Gasteiger partial charge in [-0.1, -0.05) is 40.7 Å². The maximum Gasteiger partial charge on any atom is 0.224 e. The van der Waals surface area contributed by atoms with Crippen molar-refractivity contribution >= 4 is 28.3 Å². The van der Waals surface area contributed by atoms with Gasteiger partial charge in [0.05, 0.1) is 5.69 Å². The predicted molar refractivity (Wildman–Crippen MR) is 109 cm³/mol. The van der Waals surface area contributed by atoms with E-state index in [0.29, 0.717) is 24.5 Å². The van der Waals surface area contributed by atoms with Crippen molar-refractivity contribution in [1.82, 2.24) is 4.98 Å². The molecule has 4 heteroatoms. The highest BCUT2D eigenvalue weighted by Crippen LogP contribution is 2.59. The zero-order chi connectivity index (χ0) is 19.6. The van der Waals surface area contributed by atoms with E-state index < -0.39 is 0 Å². The SMILES string of the molecule is CC(C)(C)c1cc2c(NC(=O)C[C@H]3CC4CC(=O)C3C4(C)C)cccc2[nH]1. The number of anilines is 1. The van der Waals surface area contributed by atoms with Crippen molar-refractivity contribution in [2.45, 2.75) is 59.3 Å². The van der Waals surface area contributed by atoms with Gasteiger partial charge in [0.1, 0.15) is 5.78 Å². The van der Waals surface area contributed by atoms with Gasteiger partial charge in [-0.3, -0.25) is 9.59 Å². The van der Waals surface area contributed by atoms with E-state index in [-0.39, 0.29) is 28.6 Å². The summed E-state index contributed by atoms with van der Waals surface area (Å²) >= 11 is 0. The van der Waals surface area contributed by atoms with Crippen molar-refractivity contribution in [3.8, 4) is 0 Å². The molecule has 2 bridgehead atoms. The fraction of sp³-hybridized carbons (Fsp3) is 0.565. The lowest BCUT2D eigenvalue weighted by atomic mass is 9.79. The van der Waals surface area contributed by atoms with Crippen LogP contribution in [0.2, 0.25) is 0 Å². The fourth-order valence-electron chi connectivity index (χ4n) is 5.37. The lowest BCUT2D eigenvalue weighted by Gasteiger charge is -2.25. The Hall–Kier alpha value is -2.10. The molecule has 1 amide bonds. The smallest absolute Gasteiger partial charge is 0.224 e. The van der Waals surface area contributed by atoms with Crippen LogP contribution in [0.3, 0.4) is 0 Å². The molecule has 2 fully saturated rings. The van der Waals surface area contributed by atoms with E-state index in [9.17, 15) is 9.59 Å². The summed E-state index contributed by atoms with van der Waals surface area (Å²) in [5, 5.41) is 4.15. The third-order valence-electron chi connectivity index (χ3n) is 6.90. The largest absolute Gasteiger partial charge is 0.358 e. The molecule has 2 unspecified atom stereocenters. The molecule has 3 atom stereocenters. The van der Waals surface area contributed by atoms with Crippen LogP contribution in [-0.4, -0.2) is 16.7 Å². The molecule has 1 aromatic carbocycles. The van der Waals surface area contributed by atoms with Crippen LogP contribution in [0.1, 0.15) is 59.6 Å². The first-order valence-corrected chi connectivity index (χ1v) is 10.0. The number of carbonyl (C=O) groups is 2. The number of hydrogen-bond acceptors (Lipinski definition) is 2. The average Bonchev–Trinajstić information content (AvgIpc) is 3.14. The van der Waals surface area contributed by atoms with Gasteiger partial charge in [0.25, 0.3) is 0 Å². The van der Waals surface area contributed by atoms with E-state index in [1.54, 1.807) is 0 Å². The molecule has 2 aromatic rings. The van der Waals surface area contributed by atoms with Crippen LogP contribution < -0.4 is 5.32 Å². The third-order valence-corrected chi connectivity index (χ3v) is 6.90. The first kappa shape index (κ1) is 18.3. The summed E-state index contributed by atoms with van der Waals surface area (Å²) in [6.45, 7) is 10.9. The summed E-state index contributed by atoms with van der Waals surface area (Å²) in [5.74, 6) is 1.04. The van der Waals surface area contributed by atoms with Crippen LogP contribution in [-0.2, 0) is 15.0 Å². The molecule has 2 N–H and O–H groups in total. The highest BCUT2D eigenvalue weighted by Gasteiger charge is 2.58. The van der Waals surface area contributed by atoms with Gasteiger partial charge in [-0.2, -0.15) is 0 Å². The number of amides is 1. The third kappa shape index (κ3) is 2.99. The van der Waals surface area contributed by atoms with Crippen molar-refractivity contribution in [2.24, 2.45) is 23.2 Å².